The molecule has 2 aromatic rings. The van der Waals surface area contributed by atoms with Gasteiger partial charge in [0.05, 0.1) is 6.04 Å². The summed E-state index contributed by atoms with van der Waals surface area (Å²) in [6, 6.07) is 11.9. The Hall–Kier alpha value is -1.54. The summed E-state index contributed by atoms with van der Waals surface area (Å²) in [6.45, 7) is 2.10. The highest BCUT2D eigenvalue weighted by atomic mass is 35.5. The molecule has 0 aliphatic rings. The minimum Gasteiger partial charge on any atom is -0.378 e. The highest BCUT2D eigenvalue weighted by Gasteiger charge is 2.04. The van der Waals surface area contributed by atoms with Crippen LogP contribution in [-0.2, 0) is 0 Å². The lowest BCUT2D eigenvalue weighted by molar-refractivity contribution is 0.876. The molecule has 3 heteroatoms. The third-order valence-electron chi connectivity index (χ3n) is 2.39. The minimum atomic E-state index is 0.215. The number of aromatic nitrogens is 1. The maximum absolute atomic E-state index is 5.92. The van der Waals surface area contributed by atoms with E-state index in [-0.39, 0.29) is 6.04 Å². The molecular formula is C13H13ClN2. The summed E-state index contributed by atoms with van der Waals surface area (Å²) in [7, 11) is 0. The Labute approximate surface area is 100 Å². The van der Waals surface area contributed by atoms with Crippen molar-refractivity contribution in [2.45, 2.75) is 13.0 Å². The number of anilines is 1. The minimum absolute atomic E-state index is 0.215. The zero-order chi connectivity index (χ0) is 11.4. The molecule has 0 spiro atoms. The van der Waals surface area contributed by atoms with Crippen LogP contribution in [0.4, 0.5) is 5.69 Å². The van der Waals surface area contributed by atoms with Crippen molar-refractivity contribution in [2.75, 3.05) is 5.32 Å². The molecule has 1 N–H and O–H groups in total. The van der Waals surface area contributed by atoms with Gasteiger partial charge in [-0.1, -0.05) is 23.7 Å². The predicted octanol–water partition coefficient (Wildman–Crippen LogP) is 3.91. The Balaban J connectivity index is 2.11. The van der Waals surface area contributed by atoms with Gasteiger partial charge in [-0.2, -0.15) is 0 Å². The van der Waals surface area contributed by atoms with Gasteiger partial charge >= 0.3 is 0 Å². The van der Waals surface area contributed by atoms with Crippen molar-refractivity contribution in [3.63, 3.8) is 0 Å². The quantitative estimate of drug-likeness (QED) is 0.868. The first-order chi connectivity index (χ1) is 7.75. The molecule has 1 atom stereocenters. The average molecular weight is 233 g/mol. The van der Waals surface area contributed by atoms with Crippen LogP contribution in [0, 0.1) is 0 Å². The summed E-state index contributed by atoms with van der Waals surface area (Å²) in [4.78, 5) is 4.10. The summed E-state index contributed by atoms with van der Waals surface area (Å²) in [5, 5.41) is 4.11. The third kappa shape index (κ3) is 2.74. The van der Waals surface area contributed by atoms with E-state index in [9.17, 15) is 0 Å². The van der Waals surface area contributed by atoms with Gasteiger partial charge in [0, 0.05) is 23.1 Å². The zero-order valence-corrected chi connectivity index (χ0v) is 9.78. The summed E-state index contributed by atoms with van der Waals surface area (Å²) in [5.74, 6) is 0. The first kappa shape index (κ1) is 11.0. The van der Waals surface area contributed by atoms with Crippen molar-refractivity contribution in [1.29, 1.82) is 0 Å². The summed E-state index contributed by atoms with van der Waals surface area (Å²) in [5.41, 5.74) is 2.17. The first-order valence-electron chi connectivity index (χ1n) is 5.18. The first-order valence-corrected chi connectivity index (χ1v) is 5.55. The largest absolute Gasteiger partial charge is 0.378 e. The van der Waals surface area contributed by atoms with Crippen molar-refractivity contribution >= 4 is 17.3 Å². The maximum Gasteiger partial charge on any atom is 0.0500 e. The molecule has 0 saturated heterocycles. The molecule has 2 rings (SSSR count). The van der Waals surface area contributed by atoms with Crippen LogP contribution < -0.4 is 5.32 Å². The lowest BCUT2D eigenvalue weighted by Gasteiger charge is -2.15. The van der Waals surface area contributed by atoms with E-state index in [0.717, 1.165) is 16.3 Å². The second-order valence-corrected chi connectivity index (χ2v) is 4.10. The van der Waals surface area contributed by atoms with E-state index in [4.69, 9.17) is 11.6 Å². The molecule has 82 valence electrons. The number of nitrogens with zero attached hydrogens (tertiary/aromatic N) is 1. The van der Waals surface area contributed by atoms with Crippen molar-refractivity contribution < 1.29 is 0 Å². The molecule has 0 aliphatic heterocycles. The van der Waals surface area contributed by atoms with Gasteiger partial charge in [0.15, 0.2) is 0 Å². The number of rotatable bonds is 3. The smallest absolute Gasteiger partial charge is 0.0500 e. The van der Waals surface area contributed by atoms with Gasteiger partial charge < -0.3 is 5.32 Å². The Kier molecular flexibility index (Phi) is 3.42. The summed E-state index contributed by atoms with van der Waals surface area (Å²) < 4.78 is 0. The van der Waals surface area contributed by atoms with Gasteiger partial charge in [-0.25, -0.2) is 0 Å². The molecule has 1 aromatic heterocycles. The summed E-state index contributed by atoms with van der Waals surface area (Å²) in [6.07, 6.45) is 3.64. The maximum atomic E-state index is 5.92. The van der Waals surface area contributed by atoms with Gasteiger partial charge in [0.1, 0.15) is 0 Å². The SMILES string of the molecule is CC(Nc1cccc(Cl)c1)c1cccnc1. The van der Waals surface area contributed by atoms with Crippen LogP contribution in [0.1, 0.15) is 18.5 Å². The number of pyridine rings is 1. The lowest BCUT2D eigenvalue weighted by atomic mass is 10.1. The van der Waals surface area contributed by atoms with Crippen LogP contribution in [0.25, 0.3) is 0 Å². The molecule has 1 heterocycles. The van der Waals surface area contributed by atoms with Crippen LogP contribution in [0.2, 0.25) is 5.02 Å². The molecule has 2 nitrogen and oxygen atoms in total. The predicted molar refractivity (Wildman–Crippen MR) is 67.7 cm³/mol. The van der Waals surface area contributed by atoms with Crippen LogP contribution >= 0.6 is 11.6 Å². The second-order valence-electron chi connectivity index (χ2n) is 3.66. The van der Waals surface area contributed by atoms with Crippen LogP contribution in [0.5, 0.6) is 0 Å². The highest BCUT2D eigenvalue weighted by molar-refractivity contribution is 6.30. The van der Waals surface area contributed by atoms with Gasteiger partial charge in [-0.15, -0.1) is 0 Å². The summed E-state index contributed by atoms with van der Waals surface area (Å²) >= 11 is 5.92. The van der Waals surface area contributed by atoms with Crippen molar-refractivity contribution in [2.24, 2.45) is 0 Å². The van der Waals surface area contributed by atoms with Crippen LogP contribution in [0.15, 0.2) is 48.8 Å². The Morgan fingerprint density at radius 3 is 2.81 bits per heavy atom. The second kappa shape index (κ2) is 4.99. The molecule has 1 unspecified atom stereocenters. The zero-order valence-electron chi connectivity index (χ0n) is 9.02. The van der Waals surface area contributed by atoms with Crippen LogP contribution in [-0.4, -0.2) is 4.98 Å². The fraction of sp³-hybridized carbons (Fsp3) is 0.154. The van der Waals surface area contributed by atoms with Crippen molar-refractivity contribution in [3.05, 3.63) is 59.4 Å². The van der Waals surface area contributed by atoms with Gasteiger partial charge in [0.2, 0.25) is 0 Å². The van der Waals surface area contributed by atoms with E-state index in [2.05, 4.69) is 23.3 Å². The van der Waals surface area contributed by atoms with Gasteiger partial charge in [0.25, 0.3) is 0 Å². The van der Waals surface area contributed by atoms with E-state index < -0.39 is 0 Å². The van der Waals surface area contributed by atoms with Gasteiger partial charge in [-0.05, 0) is 36.8 Å². The number of hydrogen-bond acceptors (Lipinski definition) is 2. The average Bonchev–Trinajstić information content (AvgIpc) is 2.30. The molecule has 0 aliphatic carbocycles. The molecule has 0 fully saturated rings. The van der Waals surface area contributed by atoms with Crippen LogP contribution in [0.3, 0.4) is 0 Å². The van der Waals surface area contributed by atoms with E-state index in [1.165, 1.54) is 0 Å². The molecular weight excluding hydrogens is 220 g/mol. The Bertz CT molecular complexity index is 456. The van der Waals surface area contributed by atoms with E-state index in [1.54, 1.807) is 6.20 Å². The van der Waals surface area contributed by atoms with Gasteiger partial charge in [-0.3, -0.25) is 4.98 Å². The number of nitrogens with one attached hydrogen (secondary N) is 1. The Morgan fingerprint density at radius 2 is 2.12 bits per heavy atom. The van der Waals surface area contributed by atoms with E-state index in [1.807, 2.05) is 36.5 Å². The third-order valence-corrected chi connectivity index (χ3v) is 2.63. The normalized spacial score (nSPS) is 12.1. The van der Waals surface area contributed by atoms with Crippen molar-refractivity contribution in [3.8, 4) is 0 Å². The molecule has 0 amide bonds. The standard InChI is InChI=1S/C13H13ClN2/c1-10(11-4-3-7-15-9-11)16-13-6-2-5-12(14)8-13/h2-10,16H,1H3. The highest BCUT2D eigenvalue weighted by Crippen LogP contribution is 2.20. The van der Waals surface area contributed by atoms with E-state index in [0.29, 0.717) is 0 Å². The van der Waals surface area contributed by atoms with Crippen molar-refractivity contribution in [1.82, 2.24) is 4.98 Å². The number of hydrogen-bond donors (Lipinski definition) is 1. The molecule has 0 bridgehead atoms. The number of benzene rings is 1. The number of halogens is 1. The lowest BCUT2D eigenvalue weighted by Crippen LogP contribution is -2.06. The fourth-order valence-corrected chi connectivity index (χ4v) is 1.73. The topological polar surface area (TPSA) is 24.9 Å². The molecule has 1 aromatic carbocycles. The molecule has 16 heavy (non-hydrogen) atoms. The Morgan fingerprint density at radius 1 is 1.25 bits per heavy atom. The molecule has 0 saturated carbocycles. The molecule has 0 radical (unpaired) electrons. The van der Waals surface area contributed by atoms with E-state index >= 15 is 0 Å². The monoisotopic (exact) mass is 232 g/mol. The fourth-order valence-electron chi connectivity index (χ4n) is 1.54.